The molecule has 1 N–H and O–H groups in total. The van der Waals surface area contributed by atoms with Crippen molar-refractivity contribution in [2.24, 2.45) is 0 Å². The van der Waals surface area contributed by atoms with Crippen LogP contribution in [0.15, 0.2) is 33.3 Å². The highest BCUT2D eigenvalue weighted by Gasteiger charge is 2.51. The number of hydrogen-bond donors (Lipinski definition) is 1. The first kappa shape index (κ1) is 16.8. The lowest BCUT2D eigenvalue weighted by Crippen LogP contribution is -2.40. The van der Waals surface area contributed by atoms with E-state index in [0.717, 1.165) is 4.90 Å². The standard InChI is InChI=1S/C17H18N2O6/c1-4-11-10(8-12(25-11)14(20)23-3)9-19-15(21)17(2,18-16(19)22)13-6-5-7-24-13/h5-8H,4,9H2,1-3H3,(H,18,22)/t17-/m0/s1. The number of urea groups is 1. The van der Waals surface area contributed by atoms with Gasteiger partial charge in [0.05, 0.1) is 19.9 Å². The lowest BCUT2D eigenvalue weighted by Gasteiger charge is -2.18. The molecule has 0 spiro atoms. The number of methoxy groups -OCH3 is 1. The Balaban J connectivity index is 1.88. The molecule has 0 aliphatic carbocycles. The van der Waals surface area contributed by atoms with E-state index < -0.39 is 23.4 Å². The normalized spacial score (nSPS) is 20.0. The van der Waals surface area contributed by atoms with E-state index in [1.54, 1.807) is 19.1 Å². The molecular weight excluding hydrogens is 328 g/mol. The molecular formula is C17H18N2O6. The molecule has 1 atom stereocenters. The van der Waals surface area contributed by atoms with Crippen LogP contribution in [0.5, 0.6) is 0 Å². The molecule has 8 heteroatoms. The zero-order valence-electron chi connectivity index (χ0n) is 14.1. The largest absolute Gasteiger partial charge is 0.466 e. The maximum absolute atomic E-state index is 12.8. The van der Waals surface area contributed by atoms with Gasteiger partial charge in [-0.15, -0.1) is 0 Å². The monoisotopic (exact) mass is 346 g/mol. The molecule has 0 bridgehead atoms. The Bertz CT molecular complexity index is 822. The summed E-state index contributed by atoms with van der Waals surface area (Å²) in [6, 6.07) is 4.24. The molecule has 1 fully saturated rings. The highest BCUT2D eigenvalue weighted by atomic mass is 16.5. The maximum Gasteiger partial charge on any atom is 0.373 e. The summed E-state index contributed by atoms with van der Waals surface area (Å²) in [6.45, 7) is 3.43. The van der Waals surface area contributed by atoms with Crippen LogP contribution in [-0.4, -0.2) is 29.9 Å². The van der Waals surface area contributed by atoms with Crippen LogP contribution in [0.1, 0.15) is 41.5 Å². The molecule has 132 valence electrons. The highest BCUT2D eigenvalue weighted by molar-refractivity contribution is 6.06. The zero-order valence-corrected chi connectivity index (χ0v) is 14.1. The van der Waals surface area contributed by atoms with Gasteiger partial charge in [0.2, 0.25) is 5.76 Å². The molecule has 1 aliphatic heterocycles. The van der Waals surface area contributed by atoms with Crippen molar-refractivity contribution >= 4 is 17.9 Å². The smallest absolute Gasteiger partial charge is 0.373 e. The molecule has 25 heavy (non-hydrogen) atoms. The topological polar surface area (TPSA) is 102 Å². The number of rotatable bonds is 5. The average Bonchev–Trinajstić information content (AvgIpc) is 3.31. The Hall–Kier alpha value is -3.03. The molecule has 8 nitrogen and oxygen atoms in total. The van der Waals surface area contributed by atoms with Crippen molar-refractivity contribution in [2.75, 3.05) is 7.11 Å². The third kappa shape index (κ3) is 2.69. The van der Waals surface area contributed by atoms with Gasteiger partial charge in [0, 0.05) is 12.0 Å². The van der Waals surface area contributed by atoms with Crippen molar-refractivity contribution in [2.45, 2.75) is 32.4 Å². The number of nitrogens with one attached hydrogen (secondary N) is 1. The summed E-state index contributed by atoms with van der Waals surface area (Å²) < 4.78 is 15.4. The van der Waals surface area contributed by atoms with Crippen molar-refractivity contribution in [1.29, 1.82) is 0 Å². The molecule has 2 aromatic rings. The van der Waals surface area contributed by atoms with Crippen molar-refractivity contribution < 1.29 is 28.0 Å². The number of furan rings is 2. The minimum Gasteiger partial charge on any atom is -0.466 e. The summed E-state index contributed by atoms with van der Waals surface area (Å²) in [6.07, 6.45) is 1.95. The van der Waals surface area contributed by atoms with Gasteiger partial charge in [-0.05, 0) is 25.1 Å². The van der Waals surface area contributed by atoms with Gasteiger partial charge in [-0.2, -0.15) is 0 Å². The lowest BCUT2D eigenvalue weighted by atomic mass is 9.99. The van der Waals surface area contributed by atoms with E-state index in [1.807, 2.05) is 6.92 Å². The first-order chi connectivity index (χ1) is 11.9. The second-order valence-corrected chi connectivity index (χ2v) is 5.83. The SMILES string of the molecule is CCc1oc(C(=O)OC)cc1CN1C(=O)N[C@@](C)(c2ccco2)C1=O. The number of aryl methyl sites for hydroxylation is 1. The third-order valence-electron chi connectivity index (χ3n) is 4.22. The second kappa shape index (κ2) is 6.12. The van der Waals surface area contributed by atoms with Crippen LogP contribution in [0.3, 0.4) is 0 Å². The number of imide groups is 1. The van der Waals surface area contributed by atoms with Crippen LogP contribution in [0.2, 0.25) is 0 Å². The van der Waals surface area contributed by atoms with E-state index in [-0.39, 0.29) is 12.3 Å². The number of carbonyl (C=O) groups excluding carboxylic acids is 3. The van der Waals surface area contributed by atoms with Crippen molar-refractivity contribution in [3.8, 4) is 0 Å². The lowest BCUT2D eigenvalue weighted by molar-refractivity contribution is -0.132. The van der Waals surface area contributed by atoms with Crippen LogP contribution < -0.4 is 5.32 Å². The number of carbonyl (C=O) groups is 3. The van der Waals surface area contributed by atoms with E-state index in [1.165, 1.54) is 19.4 Å². The first-order valence-electron chi connectivity index (χ1n) is 7.78. The Morgan fingerprint density at radius 1 is 1.40 bits per heavy atom. The molecule has 1 saturated heterocycles. The number of amides is 3. The molecule has 0 radical (unpaired) electrons. The highest BCUT2D eigenvalue weighted by Crippen LogP contribution is 2.31. The minimum absolute atomic E-state index is 0.00929. The number of ether oxygens (including phenoxy) is 1. The molecule has 0 saturated carbocycles. The third-order valence-corrected chi connectivity index (χ3v) is 4.22. The molecule has 1 aliphatic rings. The summed E-state index contributed by atoms with van der Waals surface area (Å²) in [7, 11) is 1.25. The molecule has 0 unspecified atom stereocenters. The number of hydrogen-bond acceptors (Lipinski definition) is 6. The van der Waals surface area contributed by atoms with Crippen molar-refractivity contribution in [3.63, 3.8) is 0 Å². The van der Waals surface area contributed by atoms with Crippen LogP contribution in [0, 0.1) is 0 Å². The second-order valence-electron chi connectivity index (χ2n) is 5.83. The number of nitrogens with zero attached hydrogens (tertiary/aromatic N) is 1. The molecule has 3 amide bonds. The van der Waals surface area contributed by atoms with Gasteiger partial charge in [0.25, 0.3) is 5.91 Å². The Kier molecular flexibility index (Phi) is 4.12. The molecule has 0 aromatic carbocycles. The van der Waals surface area contributed by atoms with Gasteiger partial charge in [-0.25, -0.2) is 9.59 Å². The van der Waals surface area contributed by atoms with Crippen molar-refractivity contribution in [3.05, 3.63) is 47.3 Å². The predicted molar refractivity (Wildman–Crippen MR) is 84.6 cm³/mol. The Morgan fingerprint density at radius 3 is 2.76 bits per heavy atom. The van der Waals surface area contributed by atoms with Gasteiger partial charge in [-0.3, -0.25) is 9.69 Å². The Labute approximate surface area is 143 Å². The van der Waals surface area contributed by atoms with E-state index >= 15 is 0 Å². The van der Waals surface area contributed by atoms with Crippen LogP contribution in [-0.2, 0) is 28.0 Å². The van der Waals surface area contributed by atoms with Gasteiger partial charge in [-0.1, -0.05) is 6.92 Å². The summed E-state index contributed by atoms with van der Waals surface area (Å²) >= 11 is 0. The quantitative estimate of drug-likeness (QED) is 0.658. The Morgan fingerprint density at radius 2 is 2.16 bits per heavy atom. The van der Waals surface area contributed by atoms with E-state index in [0.29, 0.717) is 23.5 Å². The molecule has 2 aromatic heterocycles. The maximum atomic E-state index is 12.8. The fraction of sp³-hybridized carbons (Fsp3) is 0.353. The number of esters is 1. The summed E-state index contributed by atoms with van der Waals surface area (Å²) in [5.41, 5.74) is -0.683. The van der Waals surface area contributed by atoms with Gasteiger partial charge < -0.3 is 18.9 Å². The van der Waals surface area contributed by atoms with E-state index in [9.17, 15) is 14.4 Å². The fourth-order valence-electron chi connectivity index (χ4n) is 2.84. The zero-order chi connectivity index (χ0) is 18.2. The molecule has 3 heterocycles. The van der Waals surface area contributed by atoms with Gasteiger partial charge >= 0.3 is 12.0 Å². The summed E-state index contributed by atoms with van der Waals surface area (Å²) in [5, 5.41) is 2.65. The average molecular weight is 346 g/mol. The van der Waals surface area contributed by atoms with Crippen molar-refractivity contribution in [1.82, 2.24) is 10.2 Å². The van der Waals surface area contributed by atoms with Gasteiger partial charge in [0.15, 0.2) is 5.54 Å². The minimum atomic E-state index is -1.26. The molecule has 3 rings (SSSR count). The van der Waals surface area contributed by atoms with Crippen LogP contribution >= 0.6 is 0 Å². The van der Waals surface area contributed by atoms with Crippen LogP contribution in [0.4, 0.5) is 4.79 Å². The van der Waals surface area contributed by atoms with E-state index in [4.69, 9.17) is 8.83 Å². The fourth-order valence-corrected chi connectivity index (χ4v) is 2.84. The van der Waals surface area contributed by atoms with E-state index in [2.05, 4.69) is 10.1 Å². The summed E-state index contributed by atoms with van der Waals surface area (Å²) in [5.74, 6) is -0.136. The van der Waals surface area contributed by atoms with Gasteiger partial charge in [0.1, 0.15) is 11.5 Å². The summed E-state index contributed by atoms with van der Waals surface area (Å²) in [4.78, 5) is 37.8. The first-order valence-corrected chi connectivity index (χ1v) is 7.78. The predicted octanol–water partition coefficient (Wildman–Crippen LogP) is 2.19. The van der Waals surface area contributed by atoms with Crippen LogP contribution in [0.25, 0.3) is 0 Å².